The van der Waals surface area contributed by atoms with Crippen molar-refractivity contribution in [1.29, 1.82) is 0 Å². The summed E-state index contributed by atoms with van der Waals surface area (Å²) >= 11 is 0. The molecule has 1 saturated heterocycles. The SMILES string of the molecule is COc1ccc(S(=O)N(CC(C)C)C[C@@H](O)[C@H](Cc2ccccc2)NC(=O)[C@@H](NC(=O)CN2CCCC2)C(C)C)cc1. The number of rotatable bonds is 16. The van der Waals surface area contributed by atoms with E-state index in [4.69, 9.17) is 4.74 Å². The summed E-state index contributed by atoms with van der Waals surface area (Å²) in [5.74, 6) is 0.194. The maximum absolute atomic E-state index is 13.6. The molecule has 232 valence electrons. The summed E-state index contributed by atoms with van der Waals surface area (Å²) in [5, 5.41) is 17.5. The Morgan fingerprint density at radius 3 is 2.19 bits per heavy atom. The number of hydrogen-bond acceptors (Lipinski definition) is 6. The molecule has 1 unspecified atom stereocenters. The van der Waals surface area contributed by atoms with Crippen LogP contribution in [0.25, 0.3) is 0 Å². The fourth-order valence-electron chi connectivity index (χ4n) is 5.12. The van der Waals surface area contributed by atoms with E-state index in [-0.39, 0.29) is 36.7 Å². The van der Waals surface area contributed by atoms with Crippen LogP contribution in [0.2, 0.25) is 0 Å². The monoisotopic (exact) mass is 600 g/mol. The van der Waals surface area contributed by atoms with E-state index in [2.05, 4.69) is 15.5 Å². The molecule has 3 rings (SSSR count). The molecule has 4 atom stereocenters. The Hall–Kier alpha value is -2.79. The Kier molecular flexibility index (Phi) is 13.4. The van der Waals surface area contributed by atoms with Gasteiger partial charge < -0.3 is 20.5 Å². The fraction of sp³-hybridized carbons (Fsp3) is 0.562. The minimum atomic E-state index is -1.53. The molecule has 3 N–H and O–H groups in total. The van der Waals surface area contributed by atoms with E-state index in [9.17, 15) is 18.9 Å². The van der Waals surface area contributed by atoms with Crippen molar-refractivity contribution in [3.05, 3.63) is 60.2 Å². The van der Waals surface area contributed by atoms with Gasteiger partial charge in [-0.3, -0.25) is 14.5 Å². The van der Waals surface area contributed by atoms with Crippen LogP contribution in [0.3, 0.4) is 0 Å². The first kappa shape index (κ1) is 33.7. The molecule has 2 aromatic rings. The summed E-state index contributed by atoms with van der Waals surface area (Å²) in [5.41, 5.74) is 0.952. The smallest absolute Gasteiger partial charge is 0.243 e. The normalized spacial score (nSPS) is 16.8. The van der Waals surface area contributed by atoms with Gasteiger partial charge in [-0.15, -0.1) is 0 Å². The molecule has 0 bridgehead atoms. The zero-order valence-electron chi connectivity index (χ0n) is 25.6. The molecule has 0 aliphatic carbocycles. The van der Waals surface area contributed by atoms with E-state index in [0.29, 0.717) is 23.6 Å². The number of carbonyl (C=O) groups is 2. The van der Waals surface area contributed by atoms with Gasteiger partial charge in [-0.1, -0.05) is 58.0 Å². The highest BCUT2D eigenvalue weighted by atomic mass is 32.2. The minimum absolute atomic E-state index is 0.0856. The molecule has 0 saturated carbocycles. The molecule has 0 radical (unpaired) electrons. The summed E-state index contributed by atoms with van der Waals surface area (Å²) < 4.78 is 20.6. The molecule has 9 nitrogen and oxygen atoms in total. The van der Waals surface area contributed by atoms with Gasteiger partial charge >= 0.3 is 0 Å². The summed E-state index contributed by atoms with van der Waals surface area (Å²) in [7, 11) is 0.0492. The first-order valence-electron chi connectivity index (χ1n) is 14.9. The summed E-state index contributed by atoms with van der Waals surface area (Å²) in [6.45, 7) is 10.5. The maximum atomic E-state index is 13.6. The summed E-state index contributed by atoms with van der Waals surface area (Å²) in [6, 6.07) is 15.3. The molecule has 1 fully saturated rings. The number of amides is 2. The van der Waals surface area contributed by atoms with Gasteiger partial charge in [0.2, 0.25) is 11.8 Å². The topological polar surface area (TPSA) is 111 Å². The van der Waals surface area contributed by atoms with Crippen molar-refractivity contribution in [1.82, 2.24) is 19.8 Å². The van der Waals surface area contributed by atoms with Gasteiger partial charge in [0.1, 0.15) is 22.8 Å². The lowest BCUT2D eigenvalue weighted by molar-refractivity contribution is -0.131. The number of carbonyl (C=O) groups excluding carboxylic acids is 2. The van der Waals surface area contributed by atoms with E-state index < -0.39 is 29.2 Å². The van der Waals surface area contributed by atoms with Crippen molar-refractivity contribution in [2.24, 2.45) is 11.8 Å². The first-order chi connectivity index (χ1) is 20.1. The molecule has 1 aliphatic rings. The fourth-order valence-corrected chi connectivity index (χ4v) is 6.50. The quantitative estimate of drug-likeness (QED) is 0.273. The van der Waals surface area contributed by atoms with Crippen molar-refractivity contribution in [2.75, 3.05) is 39.8 Å². The number of ether oxygens (including phenoxy) is 1. The number of aliphatic hydroxyl groups is 1. The number of nitrogens with one attached hydrogen (secondary N) is 2. The Labute approximate surface area is 253 Å². The minimum Gasteiger partial charge on any atom is -0.497 e. The Balaban J connectivity index is 1.78. The summed E-state index contributed by atoms with van der Waals surface area (Å²) in [6.07, 6.45) is 1.52. The molecular weight excluding hydrogens is 552 g/mol. The van der Waals surface area contributed by atoms with Crippen molar-refractivity contribution < 1.29 is 23.6 Å². The third kappa shape index (κ3) is 10.5. The van der Waals surface area contributed by atoms with Crippen molar-refractivity contribution in [3.8, 4) is 5.75 Å². The highest BCUT2D eigenvalue weighted by Crippen LogP contribution is 2.19. The molecule has 0 aromatic heterocycles. The lowest BCUT2D eigenvalue weighted by Gasteiger charge is -2.32. The molecule has 42 heavy (non-hydrogen) atoms. The van der Waals surface area contributed by atoms with Gasteiger partial charge in [-0.2, -0.15) is 0 Å². The zero-order valence-corrected chi connectivity index (χ0v) is 26.4. The average molecular weight is 601 g/mol. The van der Waals surface area contributed by atoms with Crippen LogP contribution >= 0.6 is 0 Å². The van der Waals surface area contributed by atoms with Crippen molar-refractivity contribution in [2.45, 2.75) is 70.0 Å². The molecule has 10 heteroatoms. The second-order valence-corrected chi connectivity index (χ2v) is 13.3. The molecule has 0 spiro atoms. The highest BCUT2D eigenvalue weighted by Gasteiger charge is 2.31. The van der Waals surface area contributed by atoms with Gasteiger partial charge in [-0.05, 0) is 74.0 Å². The zero-order chi connectivity index (χ0) is 30.6. The average Bonchev–Trinajstić information content (AvgIpc) is 3.48. The van der Waals surface area contributed by atoms with Crippen LogP contribution in [0.5, 0.6) is 5.75 Å². The number of aliphatic hydroxyl groups excluding tert-OH is 1. The highest BCUT2D eigenvalue weighted by molar-refractivity contribution is 7.82. The van der Waals surface area contributed by atoms with Crippen LogP contribution in [-0.4, -0.2) is 88.4 Å². The molecule has 1 heterocycles. The van der Waals surface area contributed by atoms with Crippen LogP contribution in [0, 0.1) is 11.8 Å². The van der Waals surface area contributed by atoms with Crippen LogP contribution < -0.4 is 15.4 Å². The largest absolute Gasteiger partial charge is 0.497 e. The number of likely N-dealkylation sites (tertiary alicyclic amines) is 1. The van der Waals surface area contributed by atoms with E-state index in [1.54, 1.807) is 35.7 Å². The Bertz CT molecular complexity index is 1140. The van der Waals surface area contributed by atoms with Crippen LogP contribution in [0.1, 0.15) is 46.1 Å². The standard InChI is InChI=1S/C32H48N4O5S/c1-23(2)20-36(42(40)27-15-13-26(41-5)14-16-27)21-29(37)28(19-25-11-7-6-8-12-25)33-32(39)31(24(3)4)34-30(38)22-35-17-9-10-18-35/h6-8,11-16,23-24,28-29,31,37H,9-10,17-22H2,1-5H3,(H,33,39)(H,34,38)/t28-,29+,31-,42?/m0/s1. The first-order valence-corrected chi connectivity index (χ1v) is 16.0. The van der Waals surface area contributed by atoms with Crippen molar-refractivity contribution >= 4 is 22.8 Å². The molecule has 2 aromatic carbocycles. The van der Waals surface area contributed by atoms with Crippen LogP contribution in [0.4, 0.5) is 0 Å². The second kappa shape index (κ2) is 16.7. The predicted molar refractivity (Wildman–Crippen MR) is 166 cm³/mol. The van der Waals surface area contributed by atoms with E-state index >= 15 is 0 Å². The number of methoxy groups -OCH3 is 1. The third-order valence-corrected chi connectivity index (χ3v) is 8.82. The van der Waals surface area contributed by atoms with E-state index in [1.807, 2.05) is 58.0 Å². The van der Waals surface area contributed by atoms with E-state index in [0.717, 1.165) is 31.5 Å². The van der Waals surface area contributed by atoms with Crippen molar-refractivity contribution in [3.63, 3.8) is 0 Å². The Morgan fingerprint density at radius 1 is 0.976 bits per heavy atom. The van der Waals surface area contributed by atoms with Crippen LogP contribution in [0.15, 0.2) is 59.5 Å². The molecule has 1 aliphatic heterocycles. The van der Waals surface area contributed by atoms with Crippen LogP contribution in [-0.2, 0) is 27.0 Å². The molecule has 2 amide bonds. The summed E-state index contributed by atoms with van der Waals surface area (Å²) in [4.78, 5) is 29.1. The second-order valence-electron chi connectivity index (χ2n) is 11.8. The lowest BCUT2D eigenvalue weighted by atomic mass is 9.98. The lowest BCUT2D eigenvalue weighted by Crippen LogP contribution is -2.57. The van der Waals surface area contributed by atoms with Gasteiger partial charge in [-0.25, -0.2) is 8.51 Å². The van der Waals surface area contributed by atoms with Gasteiger partial charge in [0.15, 0.2) is 0 Å². The van der Waals surface area contributed by atoms with E-state index in [1.165, 1.54) is 0 Å². The Morgan fingerprint density at radius 2 is 1.62 bits per heavy atom. The predicted octanol–water partition coefficient (Wildman–Crippen LogP) is 3.00. The van der Waals surface area contributed by atoms with Gasteiger partial charge in [0, 0.05) is 13.1 Å². The van der Waals surface area contributed by atoms with Gasteiger partial charge in [0.05, 0.1) is 30.7 Å². The van der Waals surface area contributed by atoms with Gasteiger partial charge in [0.25, 0.3) is 0 Å². The maximum Gasteiger partial charge on any atom is 0.243 e. The third-order valence-electron chi connectivity index (χ3n) is 7.38. The number of hydrogen-bond donors (Lipinski definition) is 3. The number of benzene rings is 2. The molecular formula is C32H48N4O5S. The number of nitrogens with zero attached hydrogens (tertiary/aromatic N) is 2.